The van der Waals surface area contributed by atoms with Gasteiger partial charge in [-0.25, -0.2) is 0 Å². The highest BCUT2D eigenvalue weighted by atomic mass is 31.2. The van der Waals surface area contributed by atoms with Gasteiger partial charge in [0, 0.05) is 0 Å². The Labute approximate surface area is 260 Å². The molecule has 0 radical (unpaired) electrons. The summed E-state index contributed by atoms with van der Waals surface area (Å²) in [6.07, 6.45) is 18.7. The van der Waals surface area contributed by atoms with Crippen molar-refractivity contribution in [1.82, 2.24) is 0 Å². The monoisotopic (exact) mass is 636 g/mol. The number of hydrogen-bond donors (Lipinski definition) is 4. The highest BCUT2D eigenvalue weighted by molar-refractivity contribution is 7.53. The highest BCUT2D eigenvalue weighted by Crippen LogP contribution is 2.73. The Morgan fingerprint density at radius 2 is 0.721 bits per heavy atom. The first-order chi connectivity index (χ1) is 20.4. The number of aryl methyl sites for hydroxylation is 2. The molecule has 4 saturated carbocycles. The summed E-state index contributed by atoms with van der Waals surface area (Å²) in [5, 5.41) is -2.63. The maximum absolute atomic E-state index is 14.3. The first-order valence-corrected chi connectivity index (χ1v) is 20.8. The van der Waals surface area contributed by atoms with Gasteiger partial charge >= 0.3 is 15.2 Å². The molecular weight excluding hydrogens is 578 g/mol. The van der Waals surface area contributed by atoms with Gasteiger partial charge in [0.15, 0.2) is 0 Å². The molecule has 244 valence electrons. The minimum atomic E-state index is -4.71. The molecule has 0 aliphatic heterocycles. The SMILES string of the molecule is Cc1cc(C)c(C(C2CCCCC2)(C2CCCCC2)P(=O)(O)O)c(C)c1C(C1CCCCC1)(C1CCCCC1)P(=O)(O)O. The van der Waals surface area contributed by atoms with Gasteiger partial charge < -0.3 is 19.6 Å². The van der Waals surface area contributed by atoms with E-state index in [0.29, 0.717) is 0 Å². The van der Waals surface area contributed by atoms with E-state index in [1.165, 1.54) is 0 Å². The molecule has 4 fully saturated rings. The maximum atomic E-state index is 14.3. The van der Waals surface area contributed by atoms with Gasteiger partial charge in [-0.15, -0.1) is 0 Å². The number of rotatable bonds is 8. The molecule has 0 bridgehead atoms. The van der Waals surface area contributed by atoms with Crippen LogP contribution < -0.4 is 0 Å². The lowest BCUT2D eigenvalue weighted by molar-refractivity contribution is 0.129. The van der Waals surface area contributed by atoms with E-state index in [9.17, 15) is 28.7 Å². The Bertz CT molecular complexity index is 1080. The van der Waals surface area contributed by atoms with Crippen molar-refractivity contribution < 1.29 is 28.7 Å². The molecular formula is C35H58O6P2. The third-order valence-corrected chi connectivity index (χ3v) is 16.5. The van der Waals surface area contributed by atoms with Crippen molar-refractivity contribution >= 4 is 15.2 Å². The van der Waals surface area contributed by atoms with Crippen LogP contribution in [0, 0.1) is 44.4 Å². The minimum Gasteiger partial charge on any atom is -0.324 e. The first kappa shape index (κ1) is 33.9. The predicted molar refractivity (Wildman–Crippen MR) is 174 cm³/mol. The van der Waals surface area contributed by atoms with Gasteiger partial charge in [0.25, 0.3) is 0 Å². The quantitative estimate of drug-likeness (QED) is 0.211. The molecule has 0 spiro atoms. The Kier molecular flexibility index (Phi) is 10.5. The van der Waals surface area contributed by atoms with Gasteiger partial charge in [0.1, 0.15) is 10.3 Å². The molecule has 43 heavy (non-hydrogen) atoms. The van der Waals surface area contributed by atoms with Crippen LogP contribution in [0.4, 0.5) is 0 Å². The van der Waals surface area contributed by atoms with Gasteiger partial charge in [-0.2, -0.15) is 0 Å². The molecule has 0 unspecified atom stereocenters. The molecule has 8 heteroatoms. The van der Waals surface area contributed by atoms with E-state index in [1.807, 2.05) is 20.8 Å². The molecule has 0 saturated heterocycles. The third-order valence-electron chi connectivity index (χ3n) is 12.6. The van der Waals surface area contributed by atoms with Crippen molar-refractivity contribution in [2.45, 2.75) is 159 Å². The Hall–Kier alpha value is -0.480. The van der Waals surface area contributed by atoms with Crippen molar-refractivity contribution in [2.24, 2.45) is 23.7 Å². The van der Waals surface area contributed by atoms with Crippen LogP contribution in [0.25, 0.3) is 0 Å². The molecule has 1 aromatic carbocycles. The van der Waals surface area contributed by atoms with E-state index < -0.39 is 25.5 Å². The van der Waals surface area contributed by atoms with E-state index in [1.54, 1.807) is 0 Å². The zero-order chi connectivity index (χ0) is 31.0. The van der Waals surface area contributed by atoms with Crippen molar-refractivity contribution in [2.75, 3.05) is 0 Å². The zero-order valence-electron chi connectivity index (χ0n) is 27.0. The van der Waals surface area contributed by atoms with Crippen LogP contribution in [0.2, 0.25) is 0 Å². The summed E-state index contributed by atoms with van der Waals surface area (Å²) in [6, 6.07) is 2.06. The topological polar surface area (TPSA) is 115 Å². The molecule has 4 aliphatic carbocycles. The Morgan fingerprint density at radius 1 is 0.488 bits per heavy atom. The van der Waals surface area contributed by atoms with Gasteiger partial charge in [-0.3, -0.25) is 9.13 Å². The van der Waals surface area contributed by atoms with Crippen LogP contribution in [0.15, 0.2) is 6.07 Å². The fourth-order valence-corrected chi connectivity index (χ4v) is 15.5. The van der Waals surface area contributed by atoms with Gasteiger partial charge in [0.2, 0.25) is 0 Å². The van der Waals surface area contributed by atoms with Gasteiger partial charge in [-0.1, -0.05) is 83.1 Å². The molecule has 6 nitrogen and oxygen atoms in total. The lowest BCUT2D eigenvalue weighted by Gasteiger charge is -2.53. The first-order valence-electron chi connectivity index (χ1n) is 17.6. The summed E-state index contributed by atoms with van der Waals surface area (Å²) in [7, 11) is -9.41. The van der Waals surface area contributed by atoms with E-state index in [-0.39, 0.29) is 23.7 Å². The Morgan fingerprint density at radius 3 is 0.930 bits per heavy atom. The number of benzene rings is 1. The number of hydrogen-bond acceptors (Lipinski definition) is 2. The third kappa shape index (κ3) is 5.82. The van der Waals surface area contributed by atoms with Crippen LogP contribution in [0.3, 0.4) is 0 Å². The molecule has 5 rings (SSSR count). The van der Waals surface area contributed by atoms with Crippen molar-refractivity contribution in [1.29, 1.82) is 0 Å². The standard InChI is InChI=1S/C35H58O6P2/c1-25-24-26(2)33(35(43(39,40)41,30-20-12-6-13-21-30)31-22-14-7-15-23-31)27(3)32(25)34(42(36,37)38,28-16-8-4-9-17-28)29-18-10-5-11-19-29/h24,28-31H,4-23H2,1-3H3,(H2,36,37,38)(H2,39,40,41). The van der Waals surface area contributed by atoms with Crippen LogP contribution in [-0.2, 0) is 19.4 Å². The van der Waals surface area contributed by atoms with E-state index in [4.69, 9.17) is 0 Å². The minimum absolute atomic E-state index is 0.132. The Balaban J connectivity index is 1.87. The average molecular weight is 637 g/mol. The molecule has 0 aromatic heterocycles. The zero-order valence-corrected chi connectivity index (χ0v) is 28.8. The second-order valence-electron chi connectivity index (χ2n) is 15.0. The second kappa shape index (κ2) is 13.3. The van der Waals surface area contributed by atoms with Crippen LogP contribution in [0.1, 0.15) is 156 Å². The van der Waals surface area contributed by atoms with E-state index in [2.05, 4.69) is 6.07 Å². The van der Waals surface area contributed by atoms with Crippen molar-refractivity contribution in [3.05, 3.63) is 33.9 Å². The lowest BCUT2D eigenvalue weighted by atomic mass is 9.61. The van der Waals surface area contributed by atoms with Gasteiger partial charge in [-0.05, 0) is 124 Å². The fraction of sp³-hybridized carbons (Fsp3) is 0.829. The normalized spacial score (nSPS) is 23.5. The molecule has 0 amide bonds. The van der Waals surface area contributed by atoms with Crippen molar-refractivity contribution in [3.8, 4) is 0 Å². The summed E-state index contributed by atoms with van der Waals surface area (Å²) in [4.78, 5) is 46.9. The highest BCUT2D eigenvalue weighted by Gasteiger charge is 2.63. The summed E-state index contributed by atoms with van der Waals surface area (Å²) in [5.41, 5.74) is 4.08. The molecule has 1 aromatic rings. The molecule has 0 atom stereocenters. The van der Waals surface area contributed by atoms with Crippen LogP contribution in [0.5, 0.6) is 0 Å². The summed E-state index contributed by atoms with van der Waals surface area (Å²) in [6.45, 7) is 6.02. The smallest absolute Gasteiger partial charge is 0.324 e. The van der Waals surface area contributed by atoms with E-state index in [0.717, 1.165) is 156 Å². The van der Waals surface area contributed by atoms with Crippen LogP contribution >= 0.6 is 15.2 Å². The summed E-state index contributed by atoms with van der Waals surface area (Å²) in [5.74, 6) is -0.530. The van der Waals surface area contributed by atoms with Crippen LogP contribution in [-0.4, -0.2) is 19.6 Å². The predicted octanol–water partition coefficient (Wildman–Crippen LogP) is 9.68. The van der Waals surface area contributed by atoms with Gasteiger partial charge in [0.05, 0.1) is 0 Å². The van der Waals surface area contributed by atoms with Crippen molar-refractivity contribution in [3.63, 3.8) is 0 Å². The molecule has 4 aliphatic rings. The largest absolute Gasteiger partial charge is 0.336 e. The fourth-order valence-electron chi connectivity index (χ4n) is 11.3. The summed E-state index contributed by atoms with van der Waals surface area (Å²) < 4.78 is 28.7. The lowest BCUT2D eigenvalue weighted by Crippen LogP contribution is -2.48. The summed E-state index contributed by atoms with van der Waals surface area (Å²) >= 11 is 0. The molecule has 0 heterocycles. The average Bonchev–Trinajstić information content (AvgIpc) is 2.98. The second-order valence-corrected chi connectivity index (χ2v) is 18.6. The maximum Gasteiger partial charge on any atom is 0.336 e. The van der Waals surface area contributed by atoms with E-state index >= 15 is 0 Å². The molecule has 4 N–H and O–H groups in total.